The molecule has 28 heavy (non-hydrogen) atoms. The molecule has 0 aliphatic carbocycles. The fourth-order valence-corrected chi connectivity index (χ4v) is 3.90. The van der Waals surface area contributed by atoms with Crippen LogP contribution in [-0.2, 0) is 24.4 Å². The van der Waals surface area contributed by atoms with E-state index < -0.39 is 0 Å². The van der Waals surface area contributed by atoms with Crippen molar-refractivity contribution in [1.82, 2.24) is 9.88 Å². The van der Waals surface area contributed by atoms with E-state index in [9.17, 15) is 4.79 Å². The molecule has 0 saturated carbocycles. The van der Waals surface area contributed by atoms with Crippen molar-refractivity contribution >= 4 is 17.2 Å². The van der Waals surface area contributed by atoms with Gasteiger partial charge in [0.2, 0.25) is 0 Å². The first-order valence-electron chi connectivity index (χ1n) is 9.60. The van der Waals surface area contributed by atoms with Crippen molar-refractivity contribution in [2.75, 3.05) is 0 Å². The molecule has 0 bridgehead atoms. The lowest BCUT2D eigenvalue weighted by atomic mass is 10.1. The summed E-state index contributed by atoms with van der Waals surface area (Å²) in [6.07, 6.45) is 0.202. The summed E-state index contributed by atoms with van der Waals surface area (Å²) in [4.78, 5) is 14.0. The van der Waals surface area contributed by atoms with Gasteiger partial charge in [-0.2, -0.15) is 0 Å². The van der Waals surface area contributed by atoms with Crippen molar-refractivity contribution < 1.29 is 9.53 Å². The number of aryl methyl sites for hydroxylation is 1. The molecule has 0 radical (unpaired) electrons. The Balaban J connectivity index is 1.65. The molecule has 1 aromatic carbocycles. The third-order valence-corrected chi connectivity index (χ3v) is 5.60. The molecule has 0 spiro atoms. The van der Waals surface area contributed by atoms with Crippen LogP contribution < -0.4 is 5.32 Å². The SMILES string of the molecule is Cc1cc(C(=O)NCc2cccc(COC(C)C)c2)c(C)n1Cc1cccs1. The molecule has 1 amide bonds. The Morgan fingerprint density at radius 2 is 1.93 bits per heavy atom. The maximum atomic E-state index is 12.8. The lowest BCUT2D eigenvalue weighted by Gasteiger charge is -2.10. The zero-order valence-electron chi connectivity index (χ0n) is 17.0. The summed E-state index contributed by atoms with van der Waals surface area (Å²) in [6, 6.07) is 14.3. The molecule has 1 N–H and O–H groups in total. The number of hydrogen-bond acceptors (Lipinski definition) is 3. The second kappa shape index (κ2) is 9.22. The van der Waals surface area contributed by atoms with E-state index in [4.69, 9.17) is 4.74 Å². The Labute approximate surface area is 171 Å². The van der Waals surface area contributed by atoms with Gasteiger partial charge in [0.1, 0.15) is 0 Å². The van der Waals surface area contributed by atoms with E-state index in [2.05, 4.69) is 40.4 Å². The minimum absolute atomic E-state index is 0.0330. The van der Waals surface area contributed by atoms with E-state index in [0.29, 0.717) is 13.2 Å². The Kier molecular flexibility index (Phi) is 6.70. The summed E-state index contributed by atoms with van der Waals surface area (Å²) < 4.78 is 7.86. The molecular formula is C23H28N2O2S. The Morgan fingerprint density at radius 1 is 1.14 bits per heavy atom. The van der Waals surface area contributed by atoms with Gasteiger partial charge in [0.15, 0.2) is 0 Å². The van der Waals surface area contributed by atoms with Gasteiger partial charge >= 0.3 is 0 Å². The van der Waals surface area contributed by atoms with Crippen LogP contribution in [0.4, 0.5) is 0 Å². The summed E-state index contributed by atoms with van der Waals surface area (Å²) in [6.45, 7) is 10.0. The standard InChI is InChI=1S/C23H28N2O2S/c1-16(2)27-15-20-8-5-7-19(12-20)13-24-23(26)22-11-17(3)25(18(22)4)14-21-9-6-10-28-21/h5-12,16H,13-15H2,1-4H3,(H,24,26). The van der Waals surface area contributed by atoms with E-state index in [1.807, 2.05) is 45.0 Å². The van der Waals surface area contributed by atoms with E-state index >= 15 is 0 Å². The number of nitrogens with one attached hydrogen (secondary N) is 1. The Morgan fingerprint density at radius 3 is 2.64 bits per heavy atom. The number of amides is 1. The molecule has 0 atom stereocenters. The number of rotatable bonds is 8. The number of carbonyl (C=O) groups is 1. The van der Waals surface area contributed by atoms with Crippen LogP contribution in [0.2, 0.25) is 0 Å². The molecule has 3 rings (SSSR count). The summed E-state index contributed by atoms with van der Waals surface area (Å²) in [7, 11) is 0. The molecule has 0 aliphatic rings. The number of ether oxygens (including phenoxy) is 1. The molecule has 2 aromatic heterocycles. The smallest absolute Gasteiger partial charge is 0.253 e. The molecule has 0 saturated heterocycles. The van der Waals surface area contributed by atoms with Gasteiger partial charge in [-0.1, -0.05) is 30.3 Å². The van der Waals surface area contributed by atoms with E-state index in [0.717, 1.165) is 34.6 Å². The highest BCUT2D eigenvalue weighted by Crippen LogP contribution is 2.19. The van der Waals surface area contributed by atoms with Crippen molar-refractivity contribution in [3.8, 4) is 0 Å². The lowest BCUT2D eigenvalue weighted by Crippen LogP contribution is -2.23. The highest BCUT2D eigenvalue weighted by Gasteiger charge is 2.16. The van der Waals surface area contributed by atoms with Gasteiger partial charge in [0.25, 0.3) is 5.91 Å². The Bertz CT molecular complexity index is 926. The van der Waals surface area contributed by atoms with Gasteiger partial charge in [0, 0.05) is 22.8 Å². The minimum Gasteiger partial charge on any atom is -0.374 e. The van der Waals surface area contributed by atoms with Gasteiger partial charge < -0.3 is 14.6 Å². The number of benzene rings is 1. The van der Waals surface area contributed by atoms with Gasteiger partial charge in [0.05, 0.1) is 24.8 Å². The topological polar surface area (TPSA) is 43.3 Å². The van der Waals surface area contributed by atoms with Crippen LogP contribution in [0.25, 0.3) is 0 Å². The largest absolute Gasteiger partial charge is 0.374 e. The zero-order chi connectivity index (χ0) is 20.1. The van der Waals surface area contributed by atoms with Crippen LogP contribution in [0, 0.1) is 13.8 Å². The number of nitrogens with zero attached hydrogens (tertiary/aromatic N) is 1. The molecule has 0 aliphatic heterocycles. The molecule has 5 heteroatoms. The van der Waals surface area contributed by atoms with Crippen molar-refractivity contribution in [3.63, 3.8) is 0 Å². The molecular weight excluding hydrogens is 368 g/mol. The monoisotopic (exact) mass is 396 g/mol. The maximum Gasteiger partial charge on any atom is 0.253 e. The third kappa shape index (κ3) is 5.12. The van der Waals surface area contributed by atoms with Crippen LogP contribution in [0.1, 0.15) is 51.6 Å². The summed E-state index contributed by atoms with van der Waals surface area (Å²) in [5.41, 5.74) is 5.04. The normalized spacial score (nSPS) is 11.2. The van der Waals surface area contributed by atoms with Crippen LogP contribution in [0.15, 0.2) is 47.8 Å². The first kappa shape index (κ1) is 20.4. The molecule has 3 aromatic rings. The van der Waals surface area contributed by atoms with Gasteiger partial charge in [-0.25, -0.2) is 0 Å². The fourth-order valence-electron chi connectivity index (χ4n) is 3.20. The highest BCUT2D eigenvalue weighted by molar-refractivity contribution is 7.09. The van der Waals surface area contributed by atoms with Crippen LogP contribution in [0.5, 0.6) is 0 Å². The number of aromatic nitrogens is 1. The van der Waals surface area contributed by atoms with Gasteiger partial charge in [-0.3, -0.25) is 4.79 Å². The number of thiophene rings is 1. The molecule has 0 fully saturated rings. The molecule has 148 valence electrons. The summed E-state index contributed by atoms with van der Waals surface area (Å²) >= 11 is 1.74. The minimum atomic E-state index is -0.0330. The van der Waals surface area contributed by atoms with Crippen molar-refractivity contribution in [3.05, 3.63) is 80.8 Å². The average Bonchev–Trinajstić information content (AvgIpc) is 3.28. The number of hydrogen-bond donors (Lipinski definition) is 1. The van der Waals surface area contributed by atoms with E-state index in [1.54, 1.807) is 11.3 Å². The quantitative estimate of drug-likeness (QED) is 0.578. The predicted octanol–water partition coefficient (Wildman–Crippen LogP) is 5.07. The van der Waals surface area contributed by atoms with E-state index in [1.165, 1.54) is 4.88 Å². The highest BCUT2D eigenvalue weighted by atomic mass is 32.1. The van der Waals surface area contributed by atoms with Crippen molar-refractivity contribution in [2.45, 2.75) is 53.5 Å². The predicted molar refractivity (Wildman–Crippen MR) is 115 cm³/mol. The molecule has 0 unspecified atom stereocenters. The summed E-state index contributed by atoms with van der Waals surface area (Å²) in [5, 5.41) is 5.14. The number of carbonyl (C=O) groups excluding carboxylic acids is 1. The van der Waals surface area contributed by atoms with Crippen LogP contribution in [-0.4, -0.2) is 16.6 Å². The van der Waals surface area contributed by atoms with Crippen molar-refractivity contribution in [1.29, 1.82) is 0 Å². The van der Waals surface area contributed by atoms with Crippen LogP contribution in [0.3, 0.4) is 0 Å². The second-order valence-corrected chi connectivity index (χ2v) is 8.34. The average molecular weight is 397 g/mol. The zero-order valence-corrected chi connectivity index (χ0v) is 17.8. The van der Waals surface area contributed by atoms with Crippen molar-refractivity contribution in [2.24, 2.45) is 0 Å². The third-order valence-electron chi connectivity index (χ3n) is 4.74. The van der Waals surface area contributed by atoms with Gasteiger partial charge in [-0.15, -0.1) is 11.3 Å². The first-order valence-corrected chi connectivity index (χ1v) is 10.5. The molecule has 4 nitrogen and oxygen atoms in total. The second-order valence-electron chi connectivity index (χ2n) is 7.31. The Hall–Kier alpha value is -2.37. The lowest BCUT2D eigenvalue weighted by molar-refractivity contribution is 0.0657. The van der Waals surface area contributed by atoms with Crippen LogP contribution >= 0.6 is 11.3 Å². The first-order chi connectivity index (χ1) is 13.4. The summed E-state index contributed by atoms with van der Waals surface area (Å²) in [5.74, 6) is -0.0330. The fraction of sp³-hybridized carbons (Fsp3) is 0.348. The van der Waals surface area contributed by atoms with Gasteiger partial charge in [-0.05, 0) is 56.3 Å². The molecule has 2 heterocycles. The maximum absolute atomic E-state index is 12.8. The van der Waals surface area contributed by atoms with E-state index in [-0.39, 0.29) is 12.0 Å².